The monoisotopic (exact) mass is 424 g/mol. The fourth-order valence-corrected chi connectivity index (χ4v) is 2.91. The molecular weight excluding hydrogens is 415 g/mol. The van der Waals surface area contributed by atoms with Crippen LogP contribution in [0.1, 0.15) is 5.56 Å². The van der Waals surface area contributed by atoms with E-state index in [4.69, 9.17) is 23.2 Å². The molecule has 0 fully saturated rings. The quantitative estimate of drug-likeness (QED) is 0.715. The Balaban J connectivity index is 1.91. The highest BCUT2D eigenvalue weighted by molar-refractivity contribution is 9.10. The maximum Gasteiger partial charge on any atom is 0.283 e. The first-order valence-electron chi connectivity index (χ1n) is 6.96. The SMILES string of the molecule is Cc1ccc(NC2=C(Cl)C(=O)N(c3ccc(Br)cc3)C2=O)cc1Cl. The number of benzene rings is 2. The fourth-order valence-electron chi connectivity index (χ4n) is 2.25. The summed E-state index contributed by atoms with van der Waals surface area (Å²) < 4.78 is 0.844. The molecule has 0 spiro atoms. The Morgan fingerprint density at radius 2 is 1.67 bits per heavy atom. The van der Waals surface area contributed by atoms with E-state index >= 15 is 0 Å². The van der Waals surface area contributed by atoms with Gasteiger partial charge in [0.1, 0.15) is 10.7 Å². The number of hydrogen-bond acceptors (Lipinski definition) is 3. The smallest absolute Gasteiger partial charge is 0.283 e. The first-order valence-corrected chi connectivity index (χ1v) is 8.50. The summed E-state index contributed by atoms with van der Waals surface area (Å²) in [5.74, 6) is -1.08. The summed E-state index contributed by atoms with van der Waals surface area (Å²) in [7, 11) is 0. The zero-order valence-electron chi connectivity index (χ0n) is 12.4. The Bertz CT molecular complexity index is 879. The second kappa shape index (κ2) is 6.59. The molecule has 2 aromatic carbocycles. The van der Waals surface area contributed by atoms with Gasteiger partial charge in [0.15, 0.2) is 0 Å². The highest BCUT2D eigenvalue weighted by Gasteiger charge is 2.38. The molecule has 24 heavy (non-hydrogen) atoms. The first-order chi connectivity index (χ1) is 11.4. The van der Waals surface area contributed by atoms with E-state index in [9.17, 15) is 9.59 Å². The fraction of sp³-hybridized carbons (Fsp3) is 0.0588. The number of carbonyl (C=O) groups is 2. The molecule has 0 atom stereocenters. The van der Waals surface area contributed by atoms with Gasteiger partial charge in [-0.3, -0.25) is 9.59 Å². The molecular formula is C17H11BrCl2N2O2. The summed E-state index contributed by atoms with van der Waals surface area (Å²) >= 11 is 15.5. The lowest BCUT2D eigenvalue weighted by molar-refractivity contribution is -0.120. The van der Waals surface area contributed by atoms with Crippen LogP contribution in [-0.2, 0) is 9.59 Å². The molecule has 0 aliphatic carbocycles. The number of halogens is 3. The van der Waals surface area contributed by atoms with Crippen molar-refractivity contribution in [3.8, 4) is 0 Å². The Hall–Kier alpha value is -1.82. The van der Waals surface area contributed by atoms with E-state index in [-0.39, 0.29) is 10.7 Å². The largest absolute Gasteiger partial charge is 0.350 e. The number of nitrogens with zero attached hydrogens (tertiary/aromatic N) is 1. The van der Waals surface area contributed by atoms with Gasteiger partial charge in [-0.25, -0.2) is 4.90 Å². The van der Waals surface area contributed by atoms with Crippen molar-refractivity contribution in [2.45, 2.75) is 6.92 Å². The maximum absolute atomic E-state index is 12.6. The van der Waals surface area contributed by atoms with Gasteiger partial charge in [-0.1, -0.05) is 45.2 Å². The van der Waals surface area contributed by atoms with Crippen LogP contribution in [0, 0.1) is 6.92 Å². The third kappa shape index (κ3) is 3.07. The normalized spacial score (nSPS) is 14.6. The lowest BCUT2D eigenvalue weighted by atomic mass is 10.2. The van der Waals surface area contributed by atoms with Crippen molar-refractivity contribution in [3.63, 3.8) is 0 Å². The Morgan fingerprint density at radius 3 is 2.29 bits per heavy atom. The summed E-state index contributed by atoms with van der Waals surface area (Å²) in [5, 5.41) is 3.29. The average Bonchev–Trinajstić information content (AvgIpc) is 2.76. The third-order valence-electron chi connectivity index (χ3n) is 3.55. The summed E-state index contributed by atoms with van der Waals surface area (Å²) in [5.41, 5.74) is 1.97. The van der Waals surface area contributed by atoms with Gasteiger partial charge >= 0.3 is 0 Å². The molecule has 0 saturated heterocycles. The lowest BCUT2D eigenvalue weighted by Crippen LogP contribution is -2.32. The molecule has 0 saturated carbocycles. The van der Waals surface area contributed by atoms with Crippen molar-refractivity contribution in [3.05, 3.63) is 68.3 Å². The van der Waals surface area contributed by atoms with Gasteiger partial charge in [-0.05, 0) is 48.9 Å². The number of aryl methyl sites for hydroxylation is 1. The van der Waals surface area contributed by atoms with Gasteiger partial charge in [-0.2, -0.15) is 0 Å². The van der Waals surface area contributed by atoms with Crippen LogP contribution in [0.15, 0.2) is 57.7 Å². The third-order valence-corrected chi connectivity index (χ3v) is 4.84. The van der Waals surface area contributed by atoms with Gasteiger partial charge in [-0.15, -0.1) is 0 Å². The standard InChI is InChI=1S/C17H11BrCl2N2O2/c1-9-2-5-11(8-13(9)19)21-15-14(20)16(23)22(17(15)24)12-6-3-10(18)4-7-12/h2-8,21H,1H3. The van der Waals surface area contributed by atoms with Gasteiger partial charge < -0.3 is 5.32 Å². The van der Waals surface area contributed by atoms with Gasteiger partial charge in [0.25, 0.3) is 11.8 Å². The van der Waals surface area contributed by atoms with Crippen molar-refractivity contribution >= 4 is 62.3 Å². The molecule has 1 heterocycles. The van der Waals surface area contributed by atoms with Crippen LogP contribution in [-0.4, -0.2) is 11.8 Å². The van der Waals surface area contributed by atoms with E-state index in [0.29, 0.717) is 16.4 Å². The average molecular weight is 426 g/mol. The van der Waals surface area contributed by atoms with E-state index < -0.39 is 11.8 Å². The number of rotatable bonds is 3. The van der Waals surface area contributed by atoms with Crippen LogP contribution >= 0.6 is 39.1 Å². The number of hydrogen-bond donors (Lipinski definition) is 1. The van der Waals surface area contributed by atoms with Gasteiger partial charge in [0.05, 0.1) is 5.69 Å². The predicted molar refractivity (Wildman–Crippen MR) is 99.3 cm³/mol. The zero-order valence-corrected chi connectivity index (χ0v) is 15.5. The molecule has 0 aromatic heterocycles. The Labute approximate surface area is 157 Å². The number of amides is 2. The summed E-state index contributed by atoms with van der Waals surface area (Å²) in [6.07, 6.45) is 0. The molecule has 4 nitrogen and oxygen atoms in total. The van der Waals surface area contributed by atoms with Crippen LogP contribution in [0.25, 0.3) is 0 Å². The molecule has 0 bridgehead atoms. The van der Waals surface area contributed by atoms with E-state index in [1.165, 1.54) is 0 Å². The Kier molecular flexibility index (Phi) is 4.67. The minimum absolute atomic E-state index is 0.0319. The van der Waals surface area contributed by atoms with Crippen LogP contribution in [0.2, 0.25) is 5.02 Å². The first kappa shape index (κ1) is 17.0. The molecule has 1 aliphatic rings. The highest BCUT2D eigenvalue weighted by atomic mass is 79.9. The van der Waals surface area contributed by atoms with Crippen LogP contribution in [0.4, 0.5) is 11.4 Å². The minimum Gasteiger partial charge on any atom is -0.350 e. The maximum atomic E-state index is 12.6. The van der Waals surface area contributed by atoms with E-state index in [2.05, 4.69) is 21.2 Å². The second-order valence-electron chi connectivity index (χ2n) is 5.20. The molecule has 2 amide bonds. The minimum atomic E-state index is -0.565. The van der Waals surface area contributed by atoms with Gasteiger partial charge in [0, 0.05) is 15.2 Å². The van der Waals surface area contributed by atoms with Gasteiger partial charge in [0.2, 0.25) is 0 Å². The van der Waals surface area contributed by atoms with Crippen LogP contribution < -0.4 is 10.2 Å². The number of anilines is 2. The van der Waals surface area contributed by atoms with Crippen molar-refractivity contribution in [2.75, 3.05) is 10.2 Å². The summed E-state index contributed by atoms with van der Waals surface area (Å²) in [6.45, 7) is 1.87. The van der Waals surface area contributed by atoms with Crippen LogP contribution in [0.5, 0.6) is 0 Å². The van der Waals surface area contributed by atoms with E-state index in [1.807, 2.05) is 13.0 Å². The topological polar surface area (TPSA) is 49.4 Å². The molecule has 2 aromatic rings. The molecule has 0 radical (unpaired) electrons. The van der Waals surface area contributed by atoms with Crippen molar-refractivity contribution in [1.82, 2.24) is 0 Å². The predicted octanol–water partition coefficient (Wildman–Crippen LogP) is 4.85. The Morgan fingerprint density at radius 1 is 1.00 bits per heavy atom. The molecule has 3 rings (SSSR count). The molecule has 1 aliphatic heterocycles. The number of carbonyl (C=O) groups excluding carboxylic acids is 2. The molecule has 0 unspecified atom stereocenters. The van der Waals surface area contributed by atoms with E-state index in [1.54, 1.807) is 36.4 Å². The summed E-state index contributed by atoms with van der Waals surface area (Å²) in [4.78, 5) is 26.0. The van der Waals surface area contributed by atoms with Crippen molar-refractivity contribution in [2.24, 2.45) is 0 Å². The lowest BCUT2D eigenvalue weighted by Gasteiger charge is -2.15. The molecule has 1 N–H and O–H groups in total. The summed E-state index contributed by atoms with van der Waals surface area (Å²) in [6, 6.07) is 12.1. The van der Waals surface area contributed by atoms with Crippen LogP contribution in [0.3, 0.4) is 0 Å². The molecule has 122 valence electrons. The van der Waals surface area contributed by atoms with E-state index in [0.717, 1.165) is 14.9 Å². The van der Waals surface area contributed by atoms with Crippen molar-refractivity contribution in [1.29, 1.82) is 0 Å². The zero-order chi connectivity index (χ0) is 17.4. The highest BCUT2D eigenvalue weighted by Crippen LogP contribution is 2.31. The second-order valence-corrected chi connectivity index (χ2v) is 6.90. The van der Waals surface area contributed by atoms with Crippen molar-refractivity contribution < 1.29 is 9.59 Å². The number of nitrogens with one attached hydrogen (secondary N) is 1. The molecule has 7 heteroatoms. The number of imide groups is 1.